The summed E-state index contributed by atoms with van der Waals surface area (Å²) in [5, 5.41) is 8.51. The first kappa shape index (κ1) is 31.1. The van der Waals surface area contributed by atoms with Crippen LogP contribution in [0.4, 0.5) is 0 Å². The van der Waals surface area contributed by atoms with E-state index >= 15 is 0 Å². The van der Waals surface area contributed by atoms with Crippen molar-refractivity contribution in [2.24, 2.45) is 0 Å². The highest BCUT2D eigenvalue weighted by Gasteiger charge is 2.04. The lowest BCUT2D eigenvalue weighted by atomic mass is 10.0. The standard InChI is InChI=1S/C21H40O4.C4H10O/c1-2-3-4-5-6-7-8-9-10-11-12-13-16-19-25-21(24)18-15-14-17-20(22)23;1-3-5-4-2/h2-19H2,1H3,(H,22,23);3-4H2,1-2H3. The Bertz CT molecular complexity index is 355. The highest BCUT2D eigenvalue weighted by molar-refractivity contribution is 5.69. The molecule has 0 spiro atoms. The van der Waals surface area contributed by atoms with Crippen molar-refractivity contribution < 1.29 is 24.2 Å². The predicted molar refractivity (Wildman–Crippen MR) is 125 cm³/mol. The van der Waals surface area contributed by atoms with Crippen LogP contribution in [-0.2, 0) is 19.1 Å². The van der Waals surface area contributed by atoms with Gasteiger partial charge in [0.1, 0.15) is 0 Å². The van der Waals surface area contributed by atoms with Crippen molar-refractivity contribution in [2.45, 2.75) is 130 Å². The monoisotopic (exact) mass is 430 g/mol. The molecule has 0 aliphatic carbocycles. The van der Waals surface area contributed by atoms with Crippen LogP contribution < -0.4 is 0 Å². The molecule has 0 aliphatic heterocycles. The van der Waals surface area contributed by atoms with Gasteiger partial charge in [-0.25, -0.2) is 0 Å². The SMILES string of the molecule is CCCCCCCCCCCCCCCOC(=O)CCCCC(=O)O.CCOCC. The maximum atomic E-state index is 11.4. The van der Waals surface area contributed by atoms with E-state index < -0.39 is 5.97 Å². The molecule has 0 aromatic rings. The number of carboxylic acids is 1. The molecule has 0 heterocycles. The Labute approximate surface area is 186 Å². The average molecular weight is 431 g/mol. The summed E-state index contributed by atoms with van der Waals surface area (Å²) in [6, 6.07) is 0. The van der Waals surface area contributed by atoms with Gasteiger partial charge < -0.3 is 14.6 Å². The molecule has 0 aliphatic rings. The van der Waals surface area contributed by atoms with Crippen molar-refractivity contribution in [3.8, 4) is 0 Å². The number of esters is 1. The minimum Gasteiger partial charge on any atom is -0.481 e. The Morgan fingerprint density at radius 3 is 1.43 bits per heavy atom. The third-order valence-electron chi connectivity index (χ3n) is 4.94. The smallest absolute Gasteiger partial charge is 0.305 e. The molecule has 0 amide bonds. The van der Waals surface area contributed by atoms with Gasteiger partial charge in [0.25, 0.3) is 0 Å². The van der Waals surface area contributed by atoms with Crippen molar-refractivity contribution in [1.82, 2.24) is 0 Å². The molecule has 0 rings (SSSR count). The number of hydrogen-bond acceptors (Lipinski definition) is 4. The first-order chi connectivity index (χ1) is 14.6. The average Bonchev–Trinajstić information content (AvgIpc) is 2.72. The minimum absolute atomic E-state index is 0.131. The molecule has 0 saturated heterocycles. The highest BCUT2D eigenvalue weighted by Crippen LogP contribution is 2.12. The lowest BCUT2D eigenvalue weighted by Crippen LogP contribution is -2.06. The fourth-order valence-electron chi connectivity index (χ4n) is 3.13. The summed E-state index contributed by atoms with van der Waals surface area (Å²) < 4.78 is 10.00. The van der Waals surface area contributed by atoms with Crippen LogP contribution in [0.25, 0.3) is 0 Å². The van der Waals surface area contributed by atoms with E-state index in [4.69, 9.17) is 14.6 Å². The molecule has 0 saturated carbocycles. The zero-order valence-electron chi connectivity index (χ0n) is 20.2. The van der Waals surface area contributed by atoms with Gasteiger partial charge in [-0.2, -0.15) is 0 Å². The van der Waals surface area contributed by atoms with E-state index in [-0.39, 0.29) is 12.4 Å². The van der Waals surface area contributed by atoms with Crippen LogP contribution in [0.3, 0.4) is 0 Å². The summed E-state index contributed by atoms with van der Waals surface area (Å²) in [6.07, 6.45) is 18.6. The number of hydrogen-bond donors (Lipinski definition) is 1. The van der Waals surface area contributed by atoms with Gasteiger partial charge in [0.05, 0.1) is 6.61 Å². The third kappa shape index (κ3) is 31.6. The summed E-state index contributed by atoms with van der Waals surface area (Å²) in [5.74, 6) is -0.996. The van der Waals surface area contributed by atoms with Crippen molar-refractivity contribution in [1.29, 1.82) is 0 Å². The number of rotatable bonds is 21. The molecule has 0 bridgehead atoms. The molecule has 1 N–H and O–H groups in total. The molecule has 0 radical (unpaired) electrons. The molecule has 0 aromatic carbocycles. The molecular formula is C25H50O5. The van der Waals surface area contributed by atoms with Gasteiger partial charge >= 0.3 is 11.9 Å². The Morgan fingerprint density at radius 2 is 1.03 bits per heavy atom. The van der Waals surface area contributed by atoms with Crippen LogP contribution in [0.1, 0.15) is 130 Å². The fourth-order valence-corrected chi connectivity index (χ4v) is 3.13. The Morgan fingerprint density at radius 1 is 0.600 bits per heavy atom. The number of unbranched alkanes of at least 4 members (excludes halogenated alkanes) is 13. The maximum absolute atomic E-state index is 11.4. The van der Waals surface area contributed by atoms with Gasteiger partial charge in [-0.1, -0.05) is 84.0 Å². The van der Waals surface area contributed by atoms with Gasteiger partial charge in [0.15, 0.2) is 0 Å². The molecule has 0 unspecified atom stereocenters. The van der Waals surface area contributed by atoms with E-state index in [1.807, 2.05) is 13.8 Å². The molecular weight excluding hydrogens is 380 g/mol. The van der Waals surface area contributed by atoms with Gasteiger partial charge in [0.2, 0.25) is 0 Å². The second-order valence-corrected chi connectivity index (χ2v) is 7.85. The van der Waals surface area contributed by atoms with Crippen molar-refractivity contribution >= 4 is 11.9 Å². The van der Waals surface area contributed by atoms with E-state index in [9.17, 15) is 9.59 Å². The molecule has 0 fully saturated rings. The minimum atomic E-state index is -0.805. The Kier molecular flexibility index (Phi) is 28.9. The topological polar surface area (TPSA) is 72.8 Å². The summed E-state index contributed by atoms with van der Waals surface area (Å²) in [7, 11) is 0. The van der Waals surface area contributed by atoms with E-state index in [0.717, 1.165) is 26.1 Å². The second kappa shape index (κ2) is 27.9. The molecule has 5 heteroatoms. The van der Waals surface area contributed by atoms with E-state index in [1.165, 1.54) is 70.6 Å². The normalized spacial score (nSPS) is 10.4. The zero-order chi connectivity index (χ0) is 22.7. The Balaban J connectivity index is 0. The summed E-state index contributed by atoms with van der Waals surface area (Å²) in [5.41, 5.74) is 0. The first-order valence-electron chi connectivity index (χ1n) is 12.5. The fraction of sp³-hybridized carbons (Fsp3) is 0.920. The largest absolute Gasteiger partial charge is 0.481 e. The van der Waals surface area contributed by atoms with Crippen molar-refractivity contribution in [3.63, 3.8) is 0 Å². The zero-order valence-corrected chi connectivity index (χ0v) is 20.2. The van der Waals surface area contributed by atoms with Crippen LogP contribution in [-0.4, -0.2) is 36.9 Å². The number of carbonyl (C=O) groups is 2. The van der Waals surface area contributed by atoms with Crippen molar-refractivity contribution in [3.05, 3.63) is 0 Å². The summed E-state index contributed by atoms with van der Waals surface area (Å²) in [4.78, 5) is 21.8. The van der Waals surface area contributed by atoms with E-state index in [2.05, 4.69) is 6.92 Å². The number of ether oxygens (including phenoxy) is 2. The van der Waals surface area contributed by atoms with Crippen LogP contribution >= 0.6 is 0 Å². The summed E-state index contributed by atoms with van der Waals surface area (Å²) in [6.45, 7) is 8.44. The Hall–Kier alpha value is -1.10. The highest BCUT2D eigenvalue weighted by atomic mass is 16.5. The van der Waals surface area contributed by atoms with Crippen LogP contribution in [0.2, 0.25) is 0 Å². The van der Waals surface area contributed by atoms with Gasteiger partial charge in [-0.3, -0.25) is 9.59 Å². The van der Waals surface area contributed by atoms with Crippen molar-refractivity contribution in [2.75, 3.05) is 19.8 Å². The number of carboxylic acid groups (broad SMARTS) is 1. The lowest BCUT2D eigenvalue weighted by molar-refractivity contribution is -0.144. The van der Waals surface area contributed by atoms with Gasteiger partial charge in [-0.15, -0.1) is 0 Å². The molecule has 5 nitrogen and oxygen atoms in total. The number of aliphatic carboxylic acids is 1. The molecule has 0 aromatic heterocycles. The summed E-state index contributed by atoms with van der Waals surface area (Å²) >= 11 is 0. The van der Waals surface area contributed by atoms with E-state index in [0.29, 0.717) is 25.9 Å². The second-order valence-electron chi connectivity index (χ2n) is 7.85. The first-order valence-corrected chi connectivity index (χ1v) is 12.5. The third-order valence-corrected chi connectivity index (χ3v) is 4.94. The quantitative estimate of drug-likeness (QED) is 0.153. The lowest BCUT2D eigenvalue weighted by Gasteiger charge is -2.05. The van der Waals surface area contributed by atoms with Crippen LogP contribution in [0, 0.1) is 0 Å². The van der Waals surface area contributed by atoms with E-state index in [1.54, 1.807) is 0 Å². The number of carbonyl (C=O) groups excluding carboxylic acids is 1. The van der Waals surface area contributed by atoms with Crippen LogP contribution in [0.15, 0.2) is 0 Å². The molecule has 0 atom stereocenters. The van der Waals surface area contributed by atoms with Gasteiger partial charge in [0, 0.05) is 26.1 Å². The molecule has 180 valence electrons. The predicted octanol–water partition coefficient (Wildman–Crippen LogP) is 7.31. The maximum Gasteiger partial charge on any atom is 0.305 e. The van der Waals surface area contributed by atoms with Gasteiger partial charge in [-0.05, 0) is 33.1 Å². The molecule has 30 heavy (non-hydrogen) atoms. The van der Waals surface area contributed by atoms with Crippen LogP contribution in [0.5, 0.6) is 0 Å².